The van der Waals surface area contributed by atoms with Crippen LogP contribution in [0.4, 0.5) is 14.9 Å². The van der Waals surface area contributed by atoms with Crippen LogP contribution >= 0.6 is 0 Å². The number of amides is 1. The van der Waals surface area contributed by atoms with E-state index in [1.807, 2.05) is 0 Å². The number of benzene rings is 1. The van der Waals surface area contributed by atoms with Crippen LogP contribution in [-0.4, -0.2) is 24.8 Å². The molecule has 1 amide bonds. The highest BCUT2D eigenvalue weighted by Gasteiger charge is 2.28. The second kappa shape index (κ2) is 4.48. The van der Waals surface area contributed by atoms with E-state index in [1.165, 1.54) is 23.1 Å². The monoisotopic (exact) mass is 253 g/mol. The number of halogens is 1. The number of hydrogen-bond acceptors (Lipinski definition) is 3. The molecule has 0 saturated heterocycles. The molecule has 18 heavy (non-hydrogen) atoms. The van der Waals surface area contributed by atoms with E-state index in [2.05, 4.69) is 0 Å². The molecule has 0 aliphatic carbocycles. The average molecular weight is 253 g/mol. The van der Waals surface area contributed by atoms with Crippen LogP contribution in [0.25, 0.3) is 0 Å². The first kappa shape index (κ1) is 12.7. The third kappa shape index (κ3) is 2.72. The predicted octanol–water partition coefficient (Wildman–Crippen LogP) is 2.96. The Morgan fingerprint density at radius 2 is 2.17 bits per heavy atom. The molecule has 1 heterocycles. The third-order valence-electron chi connectivity index (χ3n) is 2.40. The molecule has 5 heteroatoms. The summed E-state index contributed by atoms with van der Waals surface area (Å²) >= 11 is 0. The van der Waals surface area contributed by atoms with Gasteiger partial charge in [-0.3, -0.25) is 4.90 Å². The summed E-state index contributed by atoms with van der Waals surface area (Å²) in [7, 11) is 0. The zero-order valence-corrected chi connectivity index (χ0v) is 10.7. The predicted molar refractivity (Wildman–Crippen MR) is 65.5 cm³/mol. The first-order chi connectivity index (χ1) is 8.37. The van der Waals surface area contributed by atoms with Crippen molar-refractivity contribution in [3.05, 3.63) is 24.0 Å². The van der Waals surface area contributed by atoms with Gasteiger partial charge in [0.15, 0.2) is 0 Å². The summed E-state index contributed by atoms with van der Waals surface area (Å²) < 4.78 is 23.7. The second-order valence-electron chi connectivity index (χ2n) is 5.09. The smallest absolute Gasteiger partial charge is 0.415 e. The topological polar surface area (TPSA) is 38.8 Å². The fourth-order valence-corrected chi connectivity index (χ4v) is 1.70. The van der Waals surface area contributed by atoms with Gasteiger partial charge in [-0.05, 0) is 32.9 Å². The Morgan fingerprint density at radius 1 is 1.44 bits per heavy atom. The van der Waals surface area contributed by atoms with Crippen LogP contribution in [0.15, 0.2) is 18.2 Å². The highest BCUT2D eigenvalue weighted by Crippen LogP contribution is 2.32. The van der Waals surface area contributed by atoms with E-state index in [-0.39, 0.29) is 5.82 Å². The number of fused-ring (bicyclic) bond motifs is 1. The molecule has 0 saturated carbocycles. The lowest BCUT2D eigenvalue weighted by Gasteiger charge is -2.31. The van der Waals surface area contributed by atoms with E-state index >= 15 is 0 Å². The van der Waals surface area contributed by atoms with Gasteiger partial charge < -0.3 is 9.47 Å². The Balaban J connectivity index is 2.25. The minimum Gasteiger partial charge on any atom is -0.489 e. The number of carbonyl (C=O) groups is 1. The molecule has 2 rings (SSSR count). The van der Waals surface area contributed by atoms with Crippen molar-refractivity contribution in [3.63, 3.8) is 0 Å². The number of anilines is 1. The van der Waals surface area contributed by atoms with Gasteiger partial charge in [0, 0.05) is 6.07 Å². The molecule has 1 aliphatic heterocycles. The van der Waals surface area contributed by atoms with Crippen LogP contribution in [0.2, 0.25) is 0 Å². The first-order valence-electron chi connectivity index (χ1n) is 5.80. The van der Waals surface area contributed by atoms with Crippen LogP contribution in [0.1, 0.15) is 20.8 Å². The lowest BCUT2D eigenvalue weighted by molar-refractivity contribution is 0.0567. The van der Waals surface area contributed by atoms with Crippen molar-refractivity contribution in [2.45, 2.75) is 26.4 Å². The summed E-state index contributed by atoms with van der Waals surface area (Å²) in [6.45, 7) is 6.13. The molecule has 0 N–H and O–H groups in total. The Morgan fingerprint density at radius 3 is 2.83 bits per heavy atom. The number of carbonyl (C=O) groups excluding carboxylic acids is 1. The second-order valence-corrected chi connectivity index (χ2v) is 5.09. The molecule has 0 unspecified atom stereocenters. The lowest BCUT2D eigenvalue weighted by atomic mass is 10.2. The van der Waals surface area contributed by atoms with Gasteiger partial charge in [-0.25, -0.2) is 9.18 Å². The molecule has 4 nitrogen and oxygen atoms in total. The van der Waals surface area contributed by atoms with E-state index < -0.39 is 11.7 Å². The molecular weight excluding hydrogens is 237 g/mol. The molecule has 0 bridgehead atoms. The Bertz CT molecular complexity index is 468. The van der Waals surface area contributed by atoms with Gasteiger partial charge in [0.1, 0.15) is 23.8 Å². The van der Waals surface area contributed by atoms with Crippen molar-refractivity contribution >= 4 is 11.8 Å². The normalized spacial score (nSPS) is 14.8. The maximum absolute atomic E-state index is 13.1. The van der Waals surface area contributed by atoms with Crippen LogP contribution in [-0.2, 0) is 4.74 Å². The zero-order chi connectivity index (χ0) is 13.3. The van der Waals surface area contributed by atoms with Crippen LogP contribution in [0.5, 0.6) is 5.75 Å². The fourth-order valence-electron chi connectivity index (χ4n) is 1.70. The Labute approximate surface area is 105 Å². The molecular formula is C13H16FNO3. The van der Waals surface area contributed by atoms with E-state index in [4.69, 9.17) is 9.47 Å². The van der Waals surface area contributed by atoms with Gasteiger partial charge in [-0.2, -0.15) is 0 Å². The number of hydrogen-bond donors (Lipinski definition) is 0. The summed E-state index contributed by atoms with van der Waals surface area (Å²) in [5.41, 5.74) is -0.0211. The van der Waals surface area contributed by atoms with Gasteiger partial charge in [0.2, 0.25) is 0 Å². The van der Waals surface area contributed by atoms with E-state index in [9.17, 15) is 9.18 Å². The summed E-state index contributed by atoms with van der Waals surface area (Å²) in [6.07, 6.45) is -0.446. The van der Waals surface area contributed by atoms with Crippen molar-refractivity contribution in [1.82, 2.24) is 0 Å². The SMILES string of the molecule is CC(C)(C)OC(=O)N1CCOc2cc(F)ccc21. The molecule has 98 valence electrons. The minimum atomic E-state index is -0.560. The molecule has 0 fully saturated rings. The van der Waals surface area contributed by atoms with Gasteiger partial charge in [-0.1, -0.05) is 0 Å². The van der Waals surface area contributed by atoms with E-state index in [0.29, 0.717) is 24.6 Å². The number of nitrogens with zero attached hydrogens (tertiary/aromatic N) is 1. The Kier molecular flexibility index (Phi) is 3.15. The molecule has 0 radical (unpaired) electrons. The molecule has 0 aromatic heterocycles. The number of rotatable bonds is 0. The molecule has 1 aromatic rings. The molecule has 0 atom stereocenters. The van der Waals surface area contributed by atoms with Gasteiger partial charge in [-0.15, -0.1) is 0 Å². The third-order valence-corrected chi connectivity index (χ3v) is 2.40. The van der Waals surface area contributed by atoms with E-state index in [1.54, 1.807) is 20.8 Å². The molecule has 1 aromatic carbocycles. The average Bonchev–Trinajstić information content (AvgIpc) is 2.25. The standard InChI is InChI=1S/C13H16FNO3/c1-13(2,3)18-12(16)15-6-7-17-11-8-9(14)4-5-10(11)15/h4-5,8H,6-7H2,1-3H3. The maximum atomic E-state index is 13.1. The van der Waals surface area contributed by atoms with Crippen molar-refractivity contribution in [1.29, 1.82) is 0 Å². The van der Waals surface area contributed by atoms with Crippen molar-refractivity contribution in [2.24, 2.45) is 0 Å². The van der Waals surface area contributed by atoms with Crippen LogP contribution in [0, 0.1) is 5.82 Å². The summed E-state index contributed by atoms with van der Waals surface area (Å²) in [6, 6.07) is 4.09. The lowest BCUT2D eigenvalue weighted by Crippen LogP contribution is -2.41. The molecule has 0 spiro atoms. The summed E-state index contributed by atoms with van der Waals surface area (Å²) in [5.74, 6) is -0.0214. The van der Waals surface area contributed by atoms with Crippen LogP contribution in [0.3, 0.4) is 0 Å². The van der Waals surface area contributed by atoms with Gasteiger partial charge >= 0.3 is 6.09 Å². The van der Waals surface area contributed by atoms with E-state index in [0.717, 1.165) is 0 Å². The Hall–Kier alpha value is -1.78. The van der Waals surface area contributed by atoms with Crippen molar-refractivity contribution in [3.8, 4) is 5.75 Å². The van der Waals surface area contributed by atoms with Gasteiger partial charge in [0.05, 0.1) is 12.2 Å². The highest BCUT2D eigenvalue weighted by molar-refractivity contribution is 5.90. The zero-order valence-electron chi connectivity index (χ0n) is 10.7. The quantitative estimate of drug-likeness (QED) is 0.713. The molecule has 1 aliphatic rings. The fraction of sp³-hybridized carbons (Fsp3) is 0.462. The summed E-state index contributed by atoms with van der Waals surface area (Å²) in [4.78, 5) is 13.5. The van der Waals surface area contributed by atoms with Crippen LogP contribution < -0.4 is 9.64 Å². The van der Waals surface area contributed by atoms with Gasteiger partial charge in [0.25, 0.3) is 0 Å². The highest BCUT2D eigenvalue weighted by atomic mass is 19.1. The van der Waals surface area contributed by atoms with Crippen molar-refractivity contribution in [2.75, 3.05) is 18.1 Å². The largest absolute Gasteiger partial charge is 0.489 e. The van der Waals surface area contributed by atoms with Crippen molar-refractivity contribution < 1.29 is 18.7 Å². The number of ether oxygens (including phenoxy) is 2. The minimum absolute atomic E-state index is 0.329. The maximum Gasteiger partial charge on any atom is 0.415 e. The summed E-state index contributed by atoms with van der Waals surface area (Å²) in [5, 5.41) is 0. The first-order valence-corrected chi connectivity index (χ1v) is 5.80.